The average Bonchev–Trinajstić information content (AvgIpc) is 3.48. The van der Waals surface area contributed by atoms with Crippen molar-refractivity contribution in [1.82, 2.24) is 20.8 Å². The van der Waals surface area contributed by atoms with Crippen LogP contribution in [0.2, 0.25) is 0 Å². The van der Waals surface area contributed by atoms with E-state index < -0.39 is 0 Å². The summed E-state index contributed by atoms with van der Waals surface area (Å²) in [6.07, 6.45) is 9.01. The topological polar surface area (TPSA) is 97.1 Å². The van der Waals surface area contributed by atoms with E-state index in [4.69, 9.17) is 4.52 Å². The lowest BCUT2D eigenvalue weighted by Gasteiger charge is -2.12. The predicted molar refractivity (Wildman–Crippen MR) is 104 cm³/mol. The second-order valence-electron chi connectivity index (χ2n) is 7.75. The molecule has 1 aromatic heterocycles. The largest absolute Gasteiger partial charge is 0.352 e. The Morgan fingerprint density at radius 1 is 1.00 bits per heavy atom. The van der Waals surface area contributed by atoms with Crippen molar-refractivity contribution in [3.63, 3.8) is 0 Å². The van der Waals surface area contributed by atoms with E-state index in [0.717, 1.165) is 44.1 Å². The highest BCUT2D eigenvalue weighted by molar-refractivity contribution is 5.96. The first-order valence-electron chi connectivity index (χ1n) is 10.2. The van der Waals surface area contributed by atoms with Gasteiger partial charge in [0.2, 0.25) is 17.6 Å². The number of hydrogen-bond donors (Lipinski definition) is 2. The minimum absolute atomic E-state index is 0.00727. The number of hydrogen-bond acceptors (Lipinski definition) is 5. The molecule has 0 atom stereocenters. The van der Waals surface area contributed by atoms with Crippen LogP contribution in [0, 0.1) is 0 Å². The monoisotopic (exact) mass is 382 g/mol. The minimum atomic E-state index is -0.270. The maximum Gasteiger partial charge on any atom is 0.251 e. The number of aromatic nitrogens is 2. The van der Waals surface area contributed by atoms with Crippen LogP contribution in [-0.2, 0) is 4.79 Å². The van der Waals surface area contributed by atoms with Gasteiger partial charge in [0.05, 0.1) is 6.54 Å². The molecule has 2 amide bonds. The van der Waals surface area contributed by atoms with Crippen LogP contribution in [0.3, 0.4) is 0 Å². The van der Waals surface area contributed by atoms with Gasteiger partial charge in [-0.05, 0) is 37.8 Å². The van der Waals surface area contributed by atoms with E-state index >= 15 is 0 Å². The molecule has 0 aliphatic heterocycles. The second-order valence-corrected chi connectivity index (χ2v) is 7.75. The van der Waals surface area contributed by atoms with Crippen molar-refractivity contribution in [3.8, 4) is 11.4 Å². The van der Waals surface area contributed by atoms with Gasteiger partial charge in [0.25, 0.3) is 5.91 Å². The van der Waals surface area contributed by atoms with E-state index in [1.165, 1.54) is 12.8 Å². The van der Waals surface area contributed by atoms with Gasteiger partial charge in [-0.1, -0.05) is 43.0 Å². The number of nitrogens with zero attached hydrogens (tertiary/aromatic N) is 2. The third kappa shape index (κ3) is 4.40. The number of nitrogens with one attached hydrogen (secondary N) is 2. The maximum absolute atomic E-state index is 12.3. The summed E-state index contributed by atoms with van der Waals surface area (Å²) in [4.78, 5) is 28.7. The van der Waals surface area contributed by atoms with E-state index in [9.17, 15) is 9.59 Å². The summed E-state index contributed by atoms with van der Waals surface area (Å²) in [6.45, 7) is -0.00727. The van der Waals surface area contributed by atoms with Gasteiger partial charge in [-0.15, -0.1) is 0 Å². The van der Waals surface area contributed by atoms with Crippen LogP contribution in [0.25, 0.3) is 11.4 Å². The van der Waals surface area contributed by atoms with Crippen LogP contribution in [0.1, 0.15) is 73.5 Å². The minimum Gasteiger partial charge on any atom is -0.352 e. The highest BCUT2D eigenvalue weighted by Gasteiger charge is 2.23. The molecule has 4 rings (SSSR count). The molecule has 2 saturated carbocycles. The lowest BCUT2D eigenvalue weighted by Crippen LogP contribution is -2.40. The summed E-state index contributed by atoms with van der Waals surface area (Å²) in [7, 11) is 0. The average molecular weight is 382 g/mol. The van der Waals surface area contributed by atoms with Crippen molar-refractivity contribution in [2.45, 2.75) is 63.3 Å². The Kier molecular flexibility index (Phi) is 5.69. The predicted octanol–water partition coefficient (Wildman–Crippen LogP) is 3.18. The van der Waals surface area contributed by atoms with E-state index in [0.29, 0.717) is 23.2 Å². The highest BCUT2D eigenvalue weighted by atomic mass is 16.5. The Labute approximate surface area is 164 Å². The van der Waals surface area contributed by atoms with Crippen molar-refractivity contribution in [2.24, 2.45) is 0 Å². The lowest BCUT2D eigenvalue weighted by atomic mass is 10.1. The van der Waals surface area contributed by atoms with Crippen LogP contribution in [0.4, 0.5) is 0 Å². The molecule has 7 heteroatoms. The standard InChI is InChI=1S/C21H26N4O3/c26-18(23-17-7-3-4-8-17)13-22-20(27)15-11-9-14(10-12-15)19-24-21(28-25-19)16-5-1-2-6-16/h9-12,16-17H,1-8,13H2,(H,22,27)(H,23,26). The van der Waals surface area contributed by atoms with Gasteiger partial charge in [0.1, 0.15) is 0 Å². The zero-order chi connectivity index (χ0) is 19.3. The van der Waals surface area contributed by atoms with Crippen LogP contribution in [0.5, 0.6) is 0 Å². The maximum atomic E-state index is 12.3. The molecule has 0 bridgehead atoms. The molecular formula is C21H26N4O3. The fourth-order valence-corrected chi connectivity index (χ4v) is 4.07. The first kappa shape index (κ1) is 18.7. The third-order valence-corrected chi connectivity index (χ3v) is 5.68. The van der Waals surface area contributed by atoms with Gasteiger partial charge in [0.15, 0.2) is 0 Å². The number of carbonyl (C=O) groups excluding carboxylic acids is 2. The summed E-state index contributed by atoms with van der Waals surface area (Å²) in [5.41, 5.74) is 1.31. The van der Waals surface area contributed by atoms with Crippen LogP contribution in [0.15, 0.2) is 28.8 Å². The number of carbonyl (C=O) groups is 2. The van der Waals surface area contributed by atoms with Gasteiger partial charge in [-0.3, -0.25) is 9.59 Å². The van der Waals surface area contributed by atoms with E-state index in [-0.39, 0.29) is 24.4 Å². The van der Waals surface area contributed by atoms with Gasteiger partial charge in [-0.25, -0.2) is 0 Å². The zero-order valence-electron chi connectivity index (χ0n) is 15.9. The molecule has 2 aromatic rings. The molecular weight excluding hydrogens is 356 g/mol. The Balaban J connectivity index is 1.31. The smallest absolute Gasteiger partial charge is 0.251 e. The molecule has 1 aromatic carbocycles. The molecule has 2 aliphatic rings. The Hall–Kier alpha value is -2.70. The molecule has 28 heavy (non-hydrogen) atoms. The van der Waals surface area contributed by atoms with Gasteiger partial charge >= 0.3 is 0 Å². The molecule has 2 N–H and O–H groups in total. The summed E-state index contributed by atoms with van der Waals surface area (Å²) in [5, 5.41) is 9.71. The van der Waals surface area contributed by atoms with Crippen LogP contribution in [-0.4, -0.2) is 34.5 Å². The van der Waals surface area contributed by atoms with E-state index in [2.05, 4.69) is 20.8 Å². The zero-order valence-corrected chi connectivity index (χ0v) is 15.9. The van der Waals surface area contributed by atoms with Crippen molar-refractivity contribution in [1.29, 1.82) is 0 Å². The van der Waals surface area contributed by atoms with E-state index in [1.807, 2.05) is 0 Å². The van der Waals surface area contributed by atoms with Crippen molar-refractivity contribution in [2.75, 3.05) is 6.54 Å². The fourth-order valence-electron chi connectivity index (χ4n) is 4.07. The third-order valence-electron chi connectivity index (χ3n) is 5.68. The Morgan fingerprint density at radius 2 is 1.68 bits per heavy atom. The molecule has 0 unspecified atom stereocenters. The Morgan fingerprint density at radius 3 is 2.39 bits per heavy atom. The summed E-state index contributed by atoms with van der Waals surface area (Å²) in [6, 6.07) is 7.29. The molecule has 0 spiro atoms. The van der Waals surface area contributed by atoms with Crippen LogP contribution < -0.4 is 10.6 Å². The molecule has 2 fully saturated rings. The van der Waals surface area contributed by atoms with Gasteiger partial charge in [-0.2, -0.15) is 4.98 Å². The fraction of sp³-hybridized carbons (Fsp3) is 0.524. The molecule has 148 valence electrons. The summed E-state index contributed by atoms with van der Waals surface area (Å²) in [5.74, 6) is 1.23. The summed E-state index contributed by atoms with van der Waals surface area (Å²) >= 11 is 0. The Bertz CT molecular complexity index is 818. The first-order chi connectivity index (χ1) is 13.7. The number of rotatable bonds is 6. The van der Waals surface area contributed by atoms with Crippen molar-refractivity contribution >= 4 is 11.8 Å². The number of amides is 2. The van der Waals surface area contributed by atoms with Crippen molar-refractivity contribution in [3.05, 3.63) is 35.7 Å². The normalized spacial score (nSPS) is 17.7. The number of benzene rings is 1. The van der Waals surface area contributed by atoms with Crippen molar-refractivity contribution < 1.29 is 14.1 Å². The highest BCUT2D eigenvalue weighted by Crippen LogP contribution is 2.33. The molecule has 2 aliphatic carbocycles. The molecule has 0 radical (unpaired) electrons. The molecule has 7 nitrogen and oxygen atoms in total. The second kappa shape index (κ2) is 8.54. The van der Waals surface area contributed by atoms with E-state index in [1.54, 1.807) is 24.3 Å². The van der Waals surface area contributed by atoms with Gasteiger partial charge < -0.3 is 15.2 Å². The lowest BCUT2D eigenvalue weighted by molar-refractivity contribution is -0.120. The SMILES string of the molecule is O=C(CNC(=O)c1ccc(-c2noc(C3CCCC3)n2)cc1)NC1CCCC1. The summed E-state index contributed by atoms with van der Waals surface area (Å²) < 4.78 is 5.42. The van der Waals surface area contributed by atoms with Crippen LogP contribution >= 0.6 is 0 Å². The molecule has 1 heterocycles. The van der Waals surface area contributed by atoms with Gasteiger partial charge in [0, 0.05) is 23.1 Å². The first-order valence-corrected chi connectivity index (χ1v) is 10.2. The quantitative estimate of drug-likeness (QED) is 0.800. The molecule has 0 saturated heterocycles.